The molecule has 25 heavy (non-hydrogen) atoms. The van der Waals surface area contributed by atoms with E-state index in [2.05, 4.69) is 25.2 Å². The molecule has 0 aromatic carbocycles. The van der Waals surface area contributed by atoms with Gasteiger partial charge in [-0.15, -0.1) is 0 Å². The Morgan fingerprint density at radius 3 is 2.76 bits per heavy atom. The molecule has 2 saturated heterocycles. The third-order valence-corrected chi connectivity index (χ3v) is 5.08. The van der Waals surface area contributed by atoms with Crippen LogP contribution in [0.4, 0.5) is 0 Å². The molecule has 3 rings (SSSR count). The van der Waals surface area contributed by atoms with Crippen molar-refractivity contribution in [1.29, 1.82) is 0 Å². The number of rotatable bonds is 4. The van der Waals surface area contributed by atoms with Crippen molar-refractivity contribution in [2.45, 2.75) is 31.8 Å². The highest BCUT2D eigenvalue weighted by Gasteiger charge is 2.25. The summed E-state index contributed by atoms with van der Waals surface area (Å²) in [4.78, 5) is 9.35. The van der Waals surface area contributed by atoms with E-state index in [0.717, 1.165) is 37.7 Å². The first-order valence-electron chi connectivity index (χ1n) is 9.54. The van der Waals surface area contributed by atoms with Gasteiger partial charge in [-0.05, 0) is 25.9 Å². The Hall–Kier alpha value is -1.60. The Bertz CT molecular complexity index is 550. The van der Waals surface area contributed by atoms with Crippen LogP contribution >= 0.6 is 0 Å². The lowest BCUT2D eigenvalue weighted by Crippen LogP contribution is -2.49. The normalized spacial score (nSPS) is 23.5. The number of nitrogens with zero attached hydrogens (tertiary/aromatic N) is 5. The molecule has 1 N–H and O–H groups in total. The quantitative estimate of drug-likeness (QED) is 0.655. The number of hydrogen-bond donors (Lipinski definition) is 1. The molecular formula is C18H32N6O. The minimum Gasteiger partial charge on any atom is -0.370 e. The van der Waals surface area contributed by atoms with Crippen molar-refractivity contribution in [3.05, 3.63) is 18.0 Å². The minimum atomic E-state index is 0.0617. The molecule has 7 heteroatoms. The van der Waals surface area contributed by atoms with Crippen LogP contribution in [0.25, 0.3) is 0 Å². The molecule has 7 nitrogen and oxygen atoms in total. The van der Waals surface area contributed by atoms with Crippen LogP contribution in [0.2, 0.25) is 0 Å². The SMILES string of the molecule is CN=C(NCCN1CCCCCC1)N1CCOC(c2cnn(C)c2)C1. The average Bonchev–Trinajstić information content (AvgIpc) is 2.91. The molecule has 0 amide bonds. The zero-order chi connectivity index (χ0) is 17.5. The fourth-order valence-corrected chi connectivity index (χ4v) is 3.67. The first kappa shape index (κ1) is 18.2. The molecule has 140 valence electrons. The van der Waals surface area contributed by atoms with E-state index >= 15 is 0 Å². The van der Waals surface area contributed by atoms with Crippen molar-refractivity contribution >= 4 is 5.96 Å². The van der Waals surface area contributed by atoms with Gasteiger partial charge in [0, 0.05) is 45.5 Å². The van der Waals surface area contributed by atoms with E-state index in [9.17, 15) is 0 Å². The predicted molar refractivity (Wildman–Crippen MR) is 99.7 cm³/mol. The highest BCUT2D eigenvalue weighted by molar-refractivity contribution is 5.80. The van der Waals surface area contributed by atoms with E-state index < -0.39 is 0 Å². The Balaban J connectivity index is 1.48. The molecule has 1 atom stereocenters. The predicted octanol–water partition coefficient (Wildman–Crippen LogP) is 1.24. The molecule has 3 heterocycles. The molecule has 1 unspecified atom stereocenters. The highest BCUT2D eigenvalue weighted by Crippen LogP contribution is 2.21. The standard InChI is InChI=1S/C18H32N6O/c1-19-18(20-7-10-23-8-5-3-4-6-9-23)24-11-12-25-17(15-24)16-13-21-22(2)14-16/h13-14,17H,3-12,15H2,1-2H3,(H,19,20). The summed E-state index contributed by atoms with van der Waals surface area (Å²) in [5.41, 5.74) is 1.13. The first-order chi connectivity index (χ1) is 12.3. The number of aromatic nitrogens is 2. The number of ether oxygens (including phenoxy) is 1. The number of morpholine rings is 1. The molecule has 2 aliphatic rings. The van der Waals surface area contributed by atoms with Gasteiger partial charge < -0.3 is 19.9 Å². The summed E-state index contributed by atoms with van der Waals surface area (Å²) in [7, 11) is 3.80. The monoisotopic (exact) mass is 348 g/mol. The van der Waals surface area contributed by atoms with Crippen LogP contribution in [0, 0.1) is 0 Å². The molecule has 0 aliphatic carbocycles. The van der Waals surface area contributed by atoms with Gasteiger partial charge in [0.05, 0.1) is 19.3 Å². The van der Waals surface area contributed by atoms with Crippen LogP contribution in [0.15, 0.2) is 17.4 Å². The maximum Gasteiger partial charge on any atom is 0.193 e. The van der Waals surface area contributed by atoms with Crippen molar-refractivity contribution in [3.63, 3.8) is 0 Å². The van der Waals surface area contributed by atoms with Crippen LogP contribution < -0.4 is 5.32 Å². The van der Waals surface area contributed by atoms with Gasteiger partial charge in [-0.2, -0.15) is 5.10 Å². The lowest BCUT2D eigenvalue weighted by molar-refractivity contribution is -0.00804. The Kier molecular flexibility index (Phi) is 6.69. The summed E-state index contributed by atoms with van der Waals surface area (Å²) in [6.07, 6.45) is 9.43. The summed E-state index contributed by atoms with van der Waals surface area (Å²) in [6.45, 7) is 6.92. The maximum absolute atomic E-state index is 5.93. The molecule has 0 radical (unpaired) electrons. The largest absolute Gasteiger partial charge is 0.370 e. The second-order valence-electron chi connectivity index (χ2n) is 6.98. The molecule has 1 aromatic heterocycles. The average molecular weight is 348 g/mol. The van der Waals surface area contributed by atoms with Crippen LogP contribution in [-0.4, -0.2) is 78.5 Å². The fourth-order valence-electron chi connectivity index (χ4n) is 3.67. The first-order valence-corrected chi connectivity index (χ1v) is 9.54. The van der Waals surface area contributed by atoms with E-state index in [1.807, 2.05) is 31.2 Å². The van der Waals surface area contributed by atoms with E-state index in [4.69, 9.17) is 4.74 Å². The highest BCUT2D eigenvalue weighted by atomic mass is 16.5. The molecule has 2 aliphatic heterocycles. The van der Waals surface area contributed by atoms with Crippen LogP contribution in [0.3, 0.4) is 0 Å². The van der Waals surface area contributed by atoms with Crippen molar-refractivity contribution in [3.8, 4) is 0 Å². The van der Waals surface area contributed by atoms with Gasteiger partial charge in [0.1, 0.15) is 6.10 Å². The zero-order valence-electron chi connectivity index (χ0n) is 15.7. The summed E-state index contributed by atoms with van der Waals surface area (Å²) < 4.78 is 7.76. The van der Waals surface area contributed by atoms with Crippen molar-refractivity contribution in [2.75, 3.05) is 52.9 Å². The third kappa shape index (κ3) is 5.19. The van der Waals surface area contributed by atoms with Gasteiger partial charge in [-0.1, -0.05) is 12.8 Å². The second kappa shape index (κ2) is 9.20. The smallest absolute Gasteiger partial charge is 0.193 e. The molecule has 0 spiro atoms. The number of guanidine groups is 1. The van der Waals surface area contributed by atoms with E-state index in [0.29, 0.717) is 6.61 Å². The topological polar surface area (TPSA) is 57.9 Å². The molecule has 0 bridgehead atoms. The summed E-state index contributed by atoms with van der Waals surface area (Å²) >= 11 is 0. The van der Waals surface area contributed by atoms with E-state index in [-0.39, 0.29) is 6.10 Å². The lowest BCUT2D eigenvalue weighted by Gasteiger charge is -2.35. The minimum absolute atomic E-state index is 0.0617. The zero-order valence-corrected chi connectivity index (χ0v) is 15.7. The van der Waals surface area contributed by atoms with Crippen molar-refractivity contribution < 1.29 is 4.74 Å². The number of nitrogens with one attached hydrogen (secondary N) is 1. The van der Waals surface area contributed by atoms with Gasteiger partial charge in [-0.3, -0.25) is 9.67 Å². The van der Waals surface area contributed by atoms with Crippen LogP contribution in [0.5, 0.6) is 0 Å². The Labute approximate surface area is 151 Å². The summed E-state index contributed by atoms with van der Waals surface area (Å²) in [5.74, 6) is 0.979. The van der Waals surface area contributed by atoms with Crippen molar-refractivity contribution in [1.82, 2.24) is 24.9 Å². The maximum atomic E-state index is 5.93. The van der Waals surface area contributed by atoms with E-state index in [1.165, 1.54) is 38.8 Å². The molecule has 2 fully saturated rings. The summed E-state index contributed by atoms with van der Waals surface area (Å²) in [5, 5.41) is 7.80. The molecule has 0 saturated carbocycles. The second-order valence-corrected chi connectivity index (χ2v) is 6.98. The number of hydrogen-bond acceptors (Lipinski definition) is 4. The summed E-state index contributed by atoms with van der Waals surface area (Å²) in [6, 6.07) is 0. The fraction of sp³-hybridized carbons (Fsp3) is 0.778. The van der Waals surface area contributed by atoms with Gasteiger partial charge in [0.2, 0.25) is 0 Å². The number of likely N-dealkylation sites (tertiary alicyclic amines) is 1. The lowest BCUT2D eigenvalue weighted by atomic mass is 10.1. The van der Waals surface area contributed by atoms with Crippen LogP contribution in [-0.2, 0) is 11.8 Å². The van der Waals surface area contributed by atoms with Gasteiger partial charge >= 0.3 is 0 Å². The van der Waals surface area contributed by atoms with Crippen molar-refractivity contribution in [2.24, 2.45) is 12.0 Å². The Morgan fingerprint density at radius 1 is 1.28 bits per heavy atom. The van der Waals surface area contributed by atoms with Crippen LogP contribution in [0.1, 0.15) is 37.4 Å². The van der Waals surface area contributed by atoms with E-state index in [1.54, 1.807) is 0 Å². The molecular weight excluding hydrogens is 316 g/mol. The van der Waals surface area contributed by atoms with Gasteiger partial charge in [0.25, 0.3) is 0 Å². The van der Waals surface area contributed by atoms with Gasteiger partial charge in [0.15, 0.2) is 5.96 Å². The third-order valence-electron chi connectivity index (χ3n) is 5.08. The number of aryl methyl sites for hydroxylation is 1. The van der Waals surface area contributed by atoms with Gasteiger partial charge in [-0.25, -0.2) is 0 Å². The molecule has 1 aromatic rings. The number of aliphatic imine (C=N–C) groups is 1. The Morgan fingerprint density at radius 2 is 2.08 bits per heavy atom.